The van der Waals surface area contributed by atoms with Crippen molar-refractivity contribution < 1.29 is 24.2 Å². The van der Waals surface area contributed by atoms with Crippen molar-refractivity contribution in [3.8, 4) is 11.5 Å². The van der Waals surface area contributed by atoms with E-state index < -0.39 is 5.97 Å². The van der Waals surface area contributed by atoms with Crippen molar-refractivity contribution in [2.45, 2.75) is 19.4 Å². The Bertz CT molecular complexity index is 1140. The van der Waals surface area contributed by atoms with Crippen LogP contribution in [0.25, 0.3) is 6.08 Å². The second-order valence-electron chi connectivity index (χ2n) is 6.89. The molecule has 1 heterocycles. The third kappa shape index (κ3) is 6.64. The Hall–Kier alpha value is -1.78. The molecular weight excluding hydrogens is 573 g/mol. The van der Waals surface area contributed by atoms with Gasteiger partial charge in [0.2, 0.25) is 0 Å². The minimum atomic E-state index is -0.909. The van der Waals surface area contributed by atoms with Crippen LogP contribution in [0.15, 0.2) is 39.7 Å². The van der Waals surface area contributed by atoms with Gasteiger partial charge >= 0.3 is 5.97 Å². The van der Waals surface area contributed by atoms with Gasteiger partial charge in [0.05, 0.1) is 16.5 Å². The van der Waals surface area contributed by atoms with Crippen molar-refractivity contribution in [1.82, 2.24) is 4.90 Å². The monoisotopic (exact) mass is 589 g/mol. The normalized spacial score (nSPS) is 14.8. The fraction of sp³-hybridized carbons (Fsp3) is 0.227. The molecular formula is C22H18BrCl2NO5S2. The first-order valence-corrected chi connectivity index (χ1v) is 12.4. The Kier molecular flexibility index (Phi) is 9.06. The number of carboxylic acids is 1. The third-order valence-electron chi connectivity index (χ3n) is 4.58. The van der Waals surface area contributed by atoms with Gasteiger partial charge in [-0.3, -0.25) is 14.5 Å². The Morgan fingerprint density at radius 3 is 2.73 bits per heavy atom. The topological polar surface area (TPSA) is 76.1 Å². The summed E-state index contributed by atoms with van der Waals surface area (Å²) in [5.41, 5.74) is 1.48. The maximum atomic E-state index is 12.7. The third-order valence-corrected chi connectivity index (χ3v) is 7.14. The minimum Gasteiger partial charge on any atom is -0.493 e. The molecule has 3 rings (SSSR count). The van der Waals surface area contributed by atoms with Crippen molar-refractivity contribution in [2.75, 3.05) is 13.7 Å². The molecule has 1 saturated heterocycles. The average Bonchev–Trinajstić information content (AvgIpc) is 3.00. The highest BCUT2D eigenvalue weighted by molar-refractivity contribution is 9.10. The van der Waals surface area contributed by atoms with Crippen LogP contribution in [0.2, 0.25) is 10.0 Å². The fourth-order valence-electron chi connectivity index (χ4n) is 2.98. The molecule has 1 fully saturated rings. The number of nitrogens with zero attached hydrogens (tertiary/aromatic N) is 1. The van der Waals surface area contributed by atoms with Crippen LogP contribution >= 0.6 is 63.1 Å². The van der Waals surface area contributed by atoms with Crippen LogP contribution in [-0.2, 0) is 16.2 Å². The molecule has 1 aliphatic rings. The lowest BCUT2D eigenvalue weighted by atomic mass is 10.1. The van der Waals surface area contributed by atoms with Crippen molar-refractivity contribution in [1.29, 1.82) is 0 Å². The molecule has 174 valence electrons. The van der Waals surface area contributed by atoms with E-state index in [1.807, 2.05) is 0 Å². The van der Waals surface area contributed by atoms with Crippen LogP contribution in [-0.4, -0.2) is 39.9 Å². The second-order valence-corrected chi connectivity index (χ2v) is 10.3. The Morgan fingerprint density at radius 2 is 2.06 bits per heavy atom. The molecule has 1 N–H and O–H groups in total. The lowest BCUT2D eigenvalue weighted by Gasteiger charge is -2.14. The molecule has 6 nitrogen and oxygen atoms in total. The first-order chi connectivity index (χ1) is 15.7. The van der Waals surface area contributed by atoms with E-state index >= 15 is 0 Å². The van der Waals surface area contributed by atoms with Gasteiger partial charge in [-0.1, -0.05) is 53.2 Å². The highest BCUT2D eigenvalue weighted by Gasteiger charge is 2.31. The summed E-state index contributed by atoms with van der Waals surface area (Å²) in [6.45, 7) is 0.473. The molecule has 2 aromatic rings. The average molecular weight is 591 g/mol. The smallest absolute Gasteiger partial charge is 0.303 e. The number of amides is 1. The number of benzene rings is 2. The predicted octanol–water partition coefficient (Wildman–Crippen LogP) is 6.41. The predicted molar refractivity (Wildman–Crippen MR) is 138 cm³/mol. The van der Waals surface area contributed by atoms with Gasteiger partial charge < -0.3 is 14.6 Å². The molecule has 0 spiro atoms. The number of hydrogen-bond acceptors (Lipinski definition) is 6. The summed E-state index contributed by atoms with van der Waals surface area (Å²) in [6.07, 6.45) is 2.02. The number of hydrogen-bond donors (Lipinski definition) is 1. The fourth-order valence-corrected chi connectivity index (χ4v) is 5.33. The number of ether oxygens (including phenoxy) is 2. The Morgan fingerprint density at radius 1 is 1.30 bits per heavy atom. The number of thiocarbonyl (C=S) groups is 1. The summed E-state index contributed by atoms with van der Waals surface area (Å²) in [4.78, 5) is 25.3. The molecule has 11 heteroatoms. The van der Waals surface area contributed by atoms with Gasteiger partial charge in [-0.2, -0.15) is 0 Å². The van der Waals surface area contributed by atoms with Gasteiger partial charge in [-0.25, -0.2) is 0 Å². The first-order valence-electron chi connectivity index (χ1n) is 9.61. The minimum absolute atomic E-state index is 0.0249. The van der Waals surface area contributed by atoms with E-state index in [9.17, 15) is 9.59 Å². The molecule has 0 saturated carbocycles. The van der Waals surface area contributed by atoms with Crippen LogP contribution < -0.4 is 9.47 Å². The summed E-state index contributed by atoms with van der Waals surface area (Å²) in [7, 11) is 1.52. The van der Waals surface area contributed by atoms with E-state index in [1.54, 1.807) is 36.4 Å². The Balaban J connectivity index is 1.77. The van der Waals surface area contributed by atoms with Crippen molar-refractivity contribution in [3.63, 3.8) is 0 Å². The largest absolute Gasteiger partial charge is 0.493 e. The SMILES string of the molecule is COc1cc(/C=C2\SC(=S)N(CCCC(=O)O)C2=O)cc(Br)c1OCc1ccc(Cl)cc1Cl. The van der Waals surface area contributed by atoms with E-state index in [0.717, 1.165) is 5.56 Å². The summed E-state index contributed by atoms with van der Waals surface area (Å²) >= 11 is 22.1. The number of carboxylic acid groups (broad SMARTS) is 1. The maximum Gasteiger partial charge on any atom is 0.303 e. The van der Waals surface area contributed by atoms with E-state index in [4.69, 9.17) is 50.0 Å². The molecule has 0 radical (unpaired) electrons. The zero-order valence-electron chi connectivity index (χ0n) is 17.3. The number of carbonyl (C=O) groups excluding carboxylic acids is 1. The zero-order valence-corrected chi connectivity index (χ0v) is 22.0. The molecule has 1 aliphatic heterocycles. The number of carbonyl (C=O) groups is 2. The van der Waals surface area contributed by atoms with Gasteiger partial charge in [0.15, 0.2) is 11.5 Å². The van der Waals surface area contributed by atoms with Gasteiger partial charge in [0.25, 0.3) is 5.91 Å². The molecule has 33 heavy (non-hydrogen) atoms. The molecule has 0 aromatic heterocycles. The number of thioether (sulfide) groups is 1. The standard InChI is InChI=1S/C22H18BrCl2NO5S2/c1-30-17-8-12(9-18-21(29)26(22(32)33-18)6-2-3-19(27)28)7-15(23)20(17)31-11-13-4-5-14(24)10-16(13)25/h4-5,7-10H,2-3,6,11H2,1H3,(H,27,28)/b18-9-. The summed E-state index contributed by atoms with van der Waals surface area (Å²) in [5.74, 6) is -0.198. The van der Waals surface area contributed by atoms with E-state index in [-0.39, 0.29) is 25.5 Å². The molecule has 0 bridgehead atoms. The molecule has 1 amide bonds. The lowest BCUT2D eigenvalue weighted by molar-refractivity contribution is -0.137. The summed E-state index contributed by atoms with van der Waals surface area (Å²) < 4.78 is 12.5. The van der Waals surface area contributed by atoms with Crippen molar-refractivity contribution in [3.05, 3.63) is 60.9 Å². The zero-order chi connectivity index (χ0) is 24.1. The van der Waals surface area contributed by atoms with E-state index in [2.05, 4.69) is 15.9 Å². The number of rotatable bonds is 9. The van der Waals surface area contributed by atoms with Gasteiger partial charge in [-0.05, 0) is 58.3 Å². The first kappa shape index (κ1) is 25.8. The van der Waals surface area contributed by atoms with Crippen molar-refractivity contribution >= 4 is 85.4 Å². The highest BCUT2D eigenvalue weighted by Crippen LogP contribution is 2.40. The summed E-state index contributed by atoms with van der Waals surface area (Å²) in [5, 5.41) is 9.84. The molecule has 0 atom stereocenters. The Labute approximate surface area is 219 Å². The second kappa shape index (κ2) is 11.6. The maximum absolute atomic E-state index is 12.7. The number of halogens is 3. The lowest BCUT2D eigenvalue weighted by Crippen LogP contribution is -2.29. The summed E-state index contributed by atoms with van der Waals surface area (Å²) in [6, 6.07) is 8.73. The van der Waals surface area contributed by atoms with Gasteiger partial charge in [-0.15, -0.1) is 0 Å². The number of aliphatic carboxylic acids is 1. The number of methoxy groups -OCH3 is 1. The van der Waals surface area contributed by atoms with E-state index in [1.165, 1.54) is 23.8 Å². The molecule has 0 aliphatic carbocycles. The van der Waals surface area contributed by atoms with Gasteiger partial charge in [0, 0.05) is 28.6 Å². The molecule has 0 unspecified atom stereocenters. The quantitative estimate of drug-likeness (QED) is 0.267. The van der Waals surface area contributed by atoms with Crippen LogP contribution in [0.5, 0.6) is 11.5 Å². The van der Waals surface area contributed by atoms with Crippen LogP contribution in [0.4, 0.5) is 0 Å². The van der Waals surface area contributed by atoms with Crippen LogP contribution in [0.1, 0.15) is 24.0 Å². The van der Waals surface area contributed by atoms with Gasteiger partial charge in [0.1, 0.15) is 10.9 Å². The van der Waals surface area contributed by atoms with Crippen LogP contribution in [0.3, 0.4) is 0 Å². The van der Waals surface area contributed by atoms with Crippen LogP contribution in [0, 0.1) is 0 Å². The molecule has 2 aromatic carbocycles. The highest BCUT2D eigenvalue weighted by atomic mass is 79.9. The van der Waals surface area contributed by atoms with E-state index in [0.29, 0.717) is 47.2 Å². The van der Waals surface area contributed by atoms with Crippen molar-refractivity contribution in [2.24, 2.45) is 0 Å².